The summed E-state index contributed by atoms with van der Waals surface area (Å²) in [4.78, 5) is 18.1. The number of hydrogen-bond acceptors (Lipinski definition) is 5. The molecule has 1 aliphatic heterocycles. The molecule has 0 spiro atoms. The van der Waals surface area contributed by atoms with E-state index >= 15 is 0 Å². The molecule has 2 heterocycles. The Labute approximate surface area is 170 Å². The van der Waals surface area contributed by atoms with Crippen LogP contribution in [0, 0.1) is 6.92 Å². The highest BCUT2D eigenvalue weighted by Gasteiger charge is 2.21. The molecule has 150 valence electrons. The van der Waals surface area contributed by atoms with Gasteiger partial charge in [-0.05, 0) is 61.7 Å². The number of carbonyl (C=O) groups is 1. The van der Waals surface area contributed by atoms with Gasteiger partial charge < -0.3 is 19.4 Å². The maximum Gasteiger partial charge on any atom is 0.299 e. The Morgan fingerprint density at radius 1 is 1.21 bits per heavy atom. The van der Waals surface area contributed by atoms with Crippen molar-refractivity contribution in [3.8, 4) is 11.3 Å². The van der Waals surface area contributed by atoms with Crippen LogP contribution < -0.4 is 10.2 Å². The van der Waals surface area contributed by atoms with Gasteiger partial charge in [-0.1, -0.05) is 12.1 Å². The van der Waals surface area contributed by atoms with E-state index in [4.69, 9.17) is 9.15 Å². The number of benzene rings is 2. The third-order valence-electron chi connectivity index (χ3n) is 5.06. The van der Waals surface area contributed by atoms with Gasteiger partial charge >= 0.3 is 0 Å². The summed E-state index contributed by atoms with van der Waals surface area (Å²) in [7, 11) is 0. The number of carbonyl (C=O) groups excluding carboxylic acids is 1. The second-order valence-electron chi connectivity index (χ2n) is 7.14. The average Bonchev–Trinajstić information content (AvgIpc) is 3.38. The summed E-state index contributed by atoms with van der Waals surface area (Å²) in [6.07, 6.45) is 3.25. The van der Waals surface area contributed by atoms with Gasteiger partial charge in [0.15, 0.2) is 5.76 Å². The Bertz CT molecular complexity index is 995. The van der Waals surface area contributed by atoms with Crippen molar-refractivity contribution >= 4 is 23.3 Å². The first-order valence-electron chi connectivity index (χ1n) is 9.95. The maximum atomic E-state index is 11.9. The van der Waals surface area contributed by atoms with Crippen molar-refractivity contribution in [3.05, 3.63) is 59.8 Å². The fourth-order valence-corrected chi connectivity index (χ4v) is 3.42. The molecule has 1 fully saturated rings. The number of nitrogens with one attached hydrogen (secondary N) is 1. The molecular formula is C23H25N3O3. The number of oxazole rings is 1. The van der Waals surface area contributed by atoms with Crippen LogP contribution in [-0.4, -0.2) is 24.0 Å². The monoisotopic (exact) mass is 391 g/mol. The van der Waals surface area contributed by atoms with Crippen LogP contribution in [0.15, 0.2) is 53.1 Å². The number of anilines is 3. The lowest BCUT2D eigenvalue weighted by Gasteiger charge is -2.15. The van der Waals surface area contributed by atoms with Crippen molar-refractivity contribution < 1.29 is 13.9 Å². The third kappa shape index (κ3) is 4.32. The van der Waals surface area contributed by atoms with Crippen LogP contribution in [0.2, 0.25) is 0 Å². The van der Waals surface area contributed by atoms with E-state index in [0.29, 0.717) is 31.4 Å². The van der Waals surface area contributed by atoms with E-state index in [1.54, 1.807) is 6.20 Å². The van der Waals surface area contributed by atoms with E-state index in [2.05, 4.69) is 28.5 Å². The molecule has 6 nitrogen and oxygen atoms in total. The Morgan fingerprint density at radius 2 is 2.03 bits per heavy atom. The highest BCUT2D eigenvalue weighted by Crippen LogP contribution is 2.29. The van der Waals surface area contributed by atoms with Gasteiger partial charge in [-0.15, -0.1) is 0 Å². The third-order valence-corrected chi connectivity index (χ3v) is 5.06. The molecule has 2 aromatic carbocycles. The second-order valence-corrected chi connectivity index (χ2v) is 7.14. The number of aryl methyl sites for hydroxylation is 1. The van der Waals surface area contributed by atoms with Crippen LogP contribution in [0.3, 0.4) is 0 Å². The van der Waals surface area contributed by atoms with Crippen molar-refractivity contribution in [2.24, 2.45) is 0 Å². The molecule has 0 radical (unpaired) electrons. The molecule has 1 saturated heterocycles. The zero-order chi connectivity index (χ0) is 20.2. The molecule has 6 heteroatoms. The number of ether oxygens (including phenoxy) is 1. The maximum absolute atomic E-state index is 11.9. The molecule has 0 aliphatic carbocycles. The molecule has 3 aromatic rings. The lowest BCUT2D eigenvalue weighted by Crippen LogP contribution is -2.23. The Morgan fingerprint density at radius 3 is 2.76 bits per heavy atom. The molecule has 1 amide bonds. The fraction of sp³-hybridized carbons (Fsp3) is 0.304. The molecule has 0 bridgehead atoms. The molecule has 0 saturated carbocycles. The van der Waals surface area contributed by atoms with Crippen molar-refractivity contribution in [2.75, 3.05) is 23.4 Å². The first-order chi connectivity index (χ1) is 14.1. The van der Waals surface area contributed by atoms with Crippen molar-refractivity contribution in [3.63, 3.8) is 0 Å². The van der Waals surface area contributed by atoms with Crippen LogP contribution in [0.5, 0.6) is 0 Å². The standard InChI is InChI=1S/C23H25N3O3/c1-3-28-15-17-7-6-16(2)20(13-17)25-23-24-14-21(29-23)18-8-10-19(11-9-18)26-12-4-5-22(26)27/h6-11,13-14H,3-5,12,15H2,1-2H3,(H,24,25). The van der Waals surface area contributed by atoms with Gasteiger partial charge in [-0.25, -0.2) is 4.98 Å². The number of amides is 1. The van der Waals surface area contributed by atoms with E-state index in [9.17, 15) is 4.79 Å². The van der Waals surface area contributed by atoms with Gasteiger partial charge in [0.05, 0.1) is 12.8 Å². The topological polar surface area (TPSA) is 67.6 Å². The smallest absolute Gasteiger partial charge is 0.299 e. The summed E-state index contributed by atoms with van der Waals surface area (Å²) >= 11 is 0. The number of hydrogen-bond donors (Lipinski definition) is 1. The van der Waals surface area contributed by atoms with Gasteiger partial charge in [-0.2, -0.15) is 0 Å². The lowest BCUT2D eigenvalue weighted by molar-refractivity contribution is -0.117. The van der Waals surface area contributed by atoms with Gasteiger partial charge in [0.25, 0.3) is 6.01 Å². The summed E-state index contributed by atoms with van der Waals surface area (Å²) in [6, 6.07) is 14.4. The number of nitrogens with zero attached hydrogens (tertiary/aromatic N) is 2. The van der Waals surface area contributed by atoms with E-state index in [-0.39, 0.29) is 5.91 Å². The summed E-state index contributed by atoms with van der Waals surface area (Å²) in [6.45, 7) is 6.07. The van der Waals surface area contributed by atoms with Crippen molar-refractivity contribution in [1.29, 1.82) is 0 Å². The molecule has 1 aliphatic rings. The minimum atomic E-state index is 0.186. The lowest BCUT2D eigenvalue weighted by atomic mass is 10.1. The van der Waals surface area contributed by atoms with E-state index in [1.807, 2.05) is 43.0 Å². The SMILES string of the molecule is CCOCc1ccc(C)c(Nc2ncc(-c3ccc(N4CCCC4=O)cc3)o2)c1. The first kappa shape index (κ1) is 19.2. The van der Waals surface area contributed by atoms with Crippen LogP contribution in [0.25, 0.3) is 11.3 Å². The largest absolute Gasteiger partial charge is 0.423 e. The molecule has 0 unspecified atom stereocenters. The Kier molecular flexibility index (Phi) is 5.62. The van der Waals surface area contributed by atoms with Gasteiger partial charge in [0.2, 0.25) is 5.91 Å². The highest BCUT2D eigenvalue weighted by atomic mass is 16.5. The molecule has 0 atom stereocenters. The van der Waals surface area contributed by atoms with E-state index < -0.39 is 0 Å². The van der Waals surface area contributed by atoms with Crippen LogP contribution in [0.4, 0.5) is 17.4 Å². The van der Waals surface area contributed by atoms with E-state index in [0.717, 1.165) is 41.0 Å². The quantitative estimate of drug-likeness (QED) is 0.610. The van der Waals surface area contributed by atoms with Crippen molar-refractivity contribution in [2.45, 2.75) is 33.3 Å². The minimum absolute atomic E-state index is 0.186. The van der Waals surface area contributed by atoms with Gasteiger partial charge in [0.1, 0.15) is 0 Å². The van der Waals surface area contributed by atoms with Crippen LogP contribution in [0.1, 0.15) is 30.9 Å². The molecular weight excluding hydrogens is 366 g/mol. The van der Waals surface area contributed by atoms with Gasteiger partial charge in [-0.3, -0.25) is 4.79 Å². The molecule has 1 aromatic heterocycles. The summed E-state index contributed by atoms with van der Waals surface area (Å²) < 4.78 is 11.4. The minimum Gasteiger partial charge on any atom is -0.423 e. The van der Waals surface area contributed by atoms with Gasteiger partial charge in [0, 0.05) is 36.5 Å². The van der Waals surface area contributed by atoms with Crippen LogP contribution >= 0.6 is 0 Å². The average molecular weight is 391 g/mol. The predicted octanol–water partition coefficient (Wildman–Crippen LogP) is 5.06. The fourth-order valence-electron chi connectivity index (χ4n) is 3.42. The molecule has 29 heavy (non-hydrogen) atoms. The zero-order valence-corrected chi connectivity index (χ0v) is 16.8. The molecule has 1 N–H and O–H groups in total. The highest BCUT2D eigenvalue weighted by molar-refractivity contribution is 5.95. The zero-order valence-electron chi connectivity index (χ0n) is 16.8. The summed E-state index contributed by atoms with van der Waals surface area (Å²) in [5, 5.41) is 3.25. The Hall–Kier alpha value is -3.12. The molecule has 4 rings (SSSR count). The number of rotatable bonds is 7. The normalized spacial score (nSPS) is 13.9. The van der Waals surface area contributed by atoms with Crippen molar-refractivity contribution in [1.82, 2.24) is 4.98 Å². The van der Waals surface area contributed by atoms with Crippen LogP contribution in [-0.2, 0) is 16.1 Å². The predicted molar refractivity (Wildman–Crippen MR) is 113 cm³/mol. The summed E-state index contributed by atoms with van der Waals surface area (Å²) in [5.41, 5.74) is 4.99. The second kappa shape index (κ2) is 8.49. The summed E-state index contributed by atoms with van der Waals surface area (Å²) in [5.74, 6) is 0.862. The van der Waals surface area contributed by atoms with E-state index in [1.165, 1.54) is 0 Å². The number of aromatic nitrogens is 1. The Balaban J connectivity index is 1.48. The first-order valence-corrected chi connectivity index (χ1v) is 9.95.